The first-order chi connectivity index (χ1) is 4.41. The van der Waals surface area contributed by atoms with Crippen molar-refractivity contribution >= 4 is 15.9 Å². The topological polar surface area (TPSA) is 0 Å². The summed E-state index contributed by atoms with van der Waals surface area (Å²) < 4.78 is 0. The minimum atomic E-state index is 1.09. The van der Waals surface area contributed by atoms with Gasteiger partial charge in [-0.1, -0.05) is 47.8 Å². The van der Waals surface area contributed by atoms with Crippen LogP contribution in [-0.2, 0) is 0 Å². The Kier molecular flexibility index (Phi) is 8.42. The van der Waals surface area contributed by atoms with Gasteiger partial charge in [-0.15, -0.1) is 0 Å². The Bertz CT molecular complexity index is 67.0. The molecule has 0 N–H and O–H groups in total. The number of hydrogen-bond acceptors (Lipinski definition) is 0. The smallest absolute Gasteiger partial charge is 0.00659 e. The van der Waals surface area contributed by atoms with Gasteiger partial charge in [0.05, 0.1) is 0 Å². The van der Waals surface area contributed by atoms with Gasteiger partial charge in [-0.3, -0.25) is 0 Å². The molecule has 0 aromatic carbocycles. The fraction of sp³-hybridized carbons (Fsp3) is 0.750. The van der Waals surface area contributed by atoms with Crippen LogP contribution in [0, 0.1) is 0 Å². The Labute approximate surface area is 66.5 Å². The molecule has 54 valence electrons. The highest BCUT2D eigenvalue weighted by molar-refractivity contribution is 9.09. The molecule has 0 unspecified atom stereocenters. The molecule has 0 atom stereocenters. The second-order valence-electron chi connectivity index (χ2n) is 2.09. The van der Waals surface area contributed by atoms with Crippen LogP contribution < -0.4 is 0 Å². The number of alkyl halides is 1. The van der Waals surface area contributed by atoms with E-state index in [9.17, 15) is 0 Å². The van der Waals surface area contributed by atoms with Crippen molar-refractivity contribution in [3.8, 4) is 0 Å². The molecule has 0 fully saturated rings. The van der Waals surface area contributed by atoms with Crippen molar-refractivity contribution in [3.05, 3.63) is 12.2 Å². The summed E-state index contributed by atoms with van der Waals surface area (Å²) in [4.78, 5) is 0. The van der Waals surface area contributed by atoms with Crippen LogP contribution in [-0.4, -0.2) is 5.33 Å². The van der Waals surface area contributed by atoms with Crippen LogP contribution in [0.5, 0.6) is 0 Å². The van der Waals surface area contributed by atoms with E-state index in [1.165, 1.54) is 25.7 Å². The fourth-order valence-electron chi connectivity index (χ4n) is 0.621. The average Bonchev–Trinajstić information content (AvgIpc) is 1.89. The van der Waals surface area contributed by atoms with Crippen LogP contribution in [0.1, 0.15) is 32.6 Å². The second kappa shape index (κ2) is 8.22. The summed E-state index contributed by atoms with van der Waals surface area (Å²) >= 11 is 3.37. The van der Waals surface area contributed by atoms with Gasteiger partial charge in [0.15, 0.2) is 0 Å². The van der Waals surface area contributed by atoms with E-state index in [1.54, 1.807) is 0 Å². The molecule has 0 spiro atoms. The lowest BCUT2D eigenvalue weighted by Crippen LogP contribution is -1.68. The number of halogens is 1. The lowest BCUT2D eigenvalue weighted by molar-refractivity contribution is 0.813. The van der Waals surface area contributed by atoms with E-state index in [1.807, 2.05) is 0 Å². The first-order valence-corrected chi connectivity index (χ1v) is 4.75. The van der Waals surface area contributed by atoms with Crippen LogP contribution >= 0.6 is 15.9 Å². The minimum absolute atomic E-state index is 1.09. The predicted octanol–water partition coefficient (Wildman–Crippen LogP) is 3.52. The summed E-state index contributed by atoms with van der Waals surface area (Å²) in [7, 11) is 0. The number of allylic oxidation sites excluding steroid dienone is 2. The first kappa shape index (κ1) is 9.22. The van der Waals surface area contributed by atoms with Gasteiger partial charge < -0.3 is 0 Å². The molecular weight excluding hydrogens is 176 g/mol. The third-order valence-corrected chi connectivity index (χ3v) is 1.62. The van der Waals surface area contributed by atoms with Gasteiger partial charge in [0.2, 0.25) is 0 Å². The van der Waals surface area contributed by atoms with Crippen molar-refractivity contribution in [1.29, 1.82) is 0 Å². The van der Waals surface area contributed by atoms with Gasteiger partial charge in [-0.25, -0.2) is 0 Å². The summed E-state index contributed by atoms with van der Waals surface area (Å²) in [5.74, 6) is 0. The molecule has 9 heavy (non-hydrogen) atoms. The van der Waals surface area contributed by atoms with Crippen LogP contribution in [0.4, 0.5) is 0 Å². The van der Waals surface area contributed by atoms with Crippen molar-refractivity contribution < 1.29 is 0 Å². The molecule has 0 aliphatic heterocycles. The van der Waals surface area contributed by atoms with Crippen LogP contribution in [0.25, 0.3) is 0 Å². The summed E-state index contributed by atoms with van der Waals surface area (Å²) in [6.07, 6.45) is 9.57. The Morgan fingerprint density at radius 3 is 2.44 bits per heavy atom. The van der Waals surface area contributed by atoms with Gasteiger partial charge >= 0.3 is 0 Å². The van der Waals surface area contributed by atoms with Gasteiger partial charge in [-0.2, -0.15) is 0 Å². The Morgan fingerprint density at radius 1 is 1.22 bits per heavy atom. The number of unbranched alkanes of at least 4 members (excludes halogenated alkanes) is 2. The van der Waals surface area contributed by atoms with Crippen LogP contribution in [0.3, 0.4) is 0 Å². The normalized spacial score (nSPS) is 10.9. The summed E-state index contributed by atoms with van der Waals surface area (Å²) in [5, 5.41) is 1.09. The number of hydrogen-bond donors (Lipinski definition) is 0. The summed E-state index contributed by atoms with van der Waals surface area (Å²) in [5.41, 5.74) is 0. The van der Waals surface area contributed by atoms with E-state index in [4.69, 9.17) is 0 Å². The van der Waals surface area contributed by atoms with Crippen molar-refractivity contribution in [2.75, 3.05) is 5.33 Å². The Balaban J connectivity index is 2.86. The van der Waals surface area contributed by atoms with Crippen LogP contribution in [0.15, 0.2) is 12.2 Å². The highest BCUT2D eigenvalue weighted by Crippen LogP contribution is 1.96. The van der Waals surface area contributed by atoms with Crippen LogP contribution in [0.2, 0.25) is 0 Å². The molecule has 0 bridgehead atoms. The minimum Gasteiger partial charge on any atom is -0.0925 e. The Hall–Kier alpha value is 0.220. The van der Waals surface area contributed by atoms with Crippen molar-refractivity contribution in [3.63, 3.8) is 0 Å². The Morgan fingerprint density at radius 2 is 1.89 bits per heavy atom. The molecule has 0 rings (SSSR count). The van der Waals surface area contributed by atoms with E-state index in [-0.39, 0.29) is 0 Å². The van der Waals surface area contributed by atoms with E-state index in [0.29, 0.717) is 0 Å². The third-order valence-electron chi connectivity index (χ3n) is 1.17. The standard InChI is InChI=1S/C8H15Br/c1-2-3-4-5-6-7-8-9/h5-6H,2-4,7-8H2,1H3. The molecule has 0 aliphatic carbocycles. The molecule has 0 aromatic heterocycles. The van der Waals surface area contributed by atoms with E-state index in [0.717, 1.165) is 5.33 Å². The SMILES string of the molecule is CCCCC=CCCBr. The molecule has 0 radical (unpaired) electrons. The molecule has 1 heteroatoms. The highest BCUT2D eigenvalue weighted by atomic mass is 79.9. The zero-order chi connectivity index (χ0) is 6.95. The highest BCUT2D eigenvalue weighted by Gasteiger charge is 1.76. The maximum absolute atomic E-state index is 3.37. The zero-order valence-electron chi connectivity index (χ0n) is 6.07. The van der Waals surface area contributed by atoms with E-state index < -0.39 is 0 Å². The summed E-state index contributed by atoms with van der Waals surface area (Å²) in [6, 6.07) is 0. The van der Waals surface area contributed by atoms with Crippen molar-refractivity contribution in [1.82, 2.24) is 0 Å². The van der Waals surface area contributed by atoms with Crippen molar-refractivity contribution in [2.24, 2.45) is 0 Å². The predicted molar refractivity (Wildman–Crippen MR) is 47.1 cm³/mol. The molecule has 0 saturated carbocycles. The average molecular weight is 191 g/mol. The van der Waals surface area contributed by atoms with Gasteiger partial charge in [0.1, 0.15) is 0 Å². The fourth-order valence-corrected chi connectivity index (χ4v) is 0.885. The molecular formula is C8H15Br. The quantitative estimate of drug-likeness (QED) is 0.354. The maximum Gasteiger partial charge on any atom is 0.00659 e. The van der Waals surface area contributed by atoms with Gasteiger partial charge in [0, 0.05) is 5.33 Å². The third kappa shape index (κ3) is 8.22. The molecule has 0 saturated heterocycles. The largest absolute Gasteiger partial charge is 0.0925 e. The molecule has 0 nitrogen and oxygen atoms in total. The second-order valence-corrected chi connectivity index (χ2v) is 2.88. The molecule has 0 aromatic rings. The number of rotatable bonds is 5. The van der Waals surface area contributed by atoms with E-state index >= 15 is 0 Å². The first-order valence-electron chi connectivity index (χ1n) is 3.62. The lowest BCUT2D eigenvalue weighted by Gasteiger charge is -1.86. The van der Waals surface area contributed by atoms with Gasteiger partial charge in [-0.05, 0) is 12.8 Å². The summed E-state index contributed by atoms with van der Waals surface area (Å²) in [6.45, 7) is 2.22. The van der Waals surface area contributed by atoms with E-state index in [2.05, 4.69) is 35.0 Å². The van der Waals surface area contributed by atoms with Crippen molar-refractivity contribution in [2.45, 2.75) is 32.6 Å². The molecule has 0 heterocycles. The lowest BCUT2D eigenvalue weighted by atomic mass is 10.2. The monoisotopic (exact) mass is 190 g/mol. The molecule has 0 aliphatic rings. The zero-order valence-corrected chi connectivity index (χ0v) is 7.65. The molecule has 0 amide bonds. The van der Waals surface area contributed by atoms with Gasteiger partial charge in [0.25, 0.3) is 0 Å². The maximum atomic E-state index is 3.37.